The Kier molecular flexibility index (Phi) is 4.91. The molecule has 0 N–H and O–H groups in total. The fourth-order valence-electron chi connectivity index (χ4n) is 3.07. The molecule has 1 aromatic heterocycles. The highest BCUT2D eigenvalue weighted by molar-refractivity contribution is 9.10. The van der Waals surface area contributed by atoms with Gasteiger partial charge in [0, 0.05) is 30.4 Å². The molecule has 26 heavy (non-hydrogen) atoms. The third-order valence-corrected chi connectivity index (χ3v) is 6.05. The molecule has 0 bridgehead atoms. The molecule has 3 aromatic rings. The van der Waals surface area contributed by atoms with Crippen LogP contribution in [0.25, 0.3) is 10.2 Å². The number of piperidine rings is 1. The van der Waals surface area contributed by atoms with Crippen LogP contribution in [0.1, 0.15) is 23.2 Å². The zero-order chi connectivity index (χ0) is 18.1. The molecular formula is C19H16BrFN2O2S. The summed E-state index contributed by atoms with van der Waals surface area (Å²) in [6.07, 6.45) is 1.45. The summed E-state index contributed by atoms with van der Waals surface area (Å²) in [7, 11) is 0. The standard InChI is InChI=1S/C19H16BrFN2O2S/c20-14-5-2-1-4-13(14)18(24)23-10-8-12(9-11-23)25-19-22-17-15(21)6-3-7-16(17)26-19/h1-7,12H,8-11H2. The van der Waals surface area contributed by atoms with Crippen LogP contribution in [0.5, 0.6) is 5.19 Å². The van der Waals surface area contributed by atoms with E-state index in [9.17, 15) is 9.18 Å². The summed E-state index contributed by atoms with van der Waals surface area (Å²) in [6, 6.07) is 12.4. The Morgan fingerprint density at radius 3 is 2.69 bits per heavy atom. The number of fused-ring (bicyclic) bond motifs is 1. The van der Waals surface area contributed by atoms with Crippen molar-refractivity contribution in [3.05, 3.63) is 58.3 Å². The van der Waals surface area contributed by atoms with E-state index < -0.39 is 0 Å². The molecule has 0 saturated carbocycles. The largest absolute Gasteiger partial charge is 0.467 e. The van der Waals surface area contributed by atoms with Gasteiger partial charge in [-0.3, -0.25) is 4.79 Å². The highest BCUT2D eigenvalue weighted by Crippen LogP contribution is 2.31. The molecule has 1 aliphatic rings. The van der Waals surface area contributed by atoms with Crippen LogP contribution in [0.15, 0.2) is 46.9 Å². The van der Waals surface area contributed by atoms with E-state index in [1.165, 1.54) is 17.4 Å². The maximum absolute atomic E-state index is 13.8. The van der Waals surface area contributed by atoms with E-state index in [-0.39, 0.29) is 17.8 Å². The molecule has 0 unspecified atom stereocenters. The fraction of sp³-hybridized carbons (Fsp3) is 0.263. The van der Waals surface area contributed by atoms with Crippen molar-refractivity contribution in [1.29, 1.82) is 0 Å². The number of carbonyl (C=O) groups is 1. The predicted octanol–water partition coefficient (Wildman–Crippen LogP) is 4.88. The minimum Gasteiger partial charge on any atom is -0.467 e. The van der Waals surface area contributed by atoms with Gasteiger partial charge in [0.2, 0.25) is 0 Å². The van der Waals surface area contributed by atoms with Crippen molar-refractivity contribution in [2.45, 2.75) is 18.9 Å². The minimum absolute atomic E-state index is 0.0121. The second-order valence-electron chi connectivity index (χ2n) is 6.16. The fourth-order valence-corrected chi connectivity index (χ4v) is 4.42. The molecule has 1 amide bonds. The van der Waals surface area contributed by atoms with Crippen molar-refractivity contribution in [3.63, 3.8) is 0 Å². The lowest BCUT2D eigenvalue weighted by molar-refractivity contribution is 0.0594. The zero-order valence-corrected chi connectivity index (χ0v) is 16.2. The third-order valence-electron chi connectivity index (χ3n) is 4.45. The van der Waals surface area contributed by atoms with Gasteiger partial charge in [-0.25, -0.2) is 4.39 Å². The van der Waals surface area contributed by atoms with E-state index in [2.05, 4.69) is 20.9 Å². The number of nitrogens with zero attached hydrogens (tertiary/aromatic N) is 2. The van der Waals surface area contributed by atoms with Gasteiger partial charge in [0.15, 0.2) is 0 Å². The normalized spacial score (nSPS) is 15.4. The highest BCUT2D eigenvalue weighted by atomic mass is 79.9. The second kappa shape index (κ2) is 7.32. The number of carbonyl (C=O) groups excluding carboxylic acids is 1. The number of hydrogen-bond acceptors (Lipinski definition) is 4. The summed E-state index contributed by atoms with van der Waals surface area (Å²) in [5.74, 6) is -0.305. The zero-order valence-electron chi connectivity index (χ0n) is 13.8. The summed E-state index contributed by atoms with van der Waals surface area (Å²) >= 11 is 4.78. The van der Waals surface area contributed by atoms with Crippen LogP contribution in [0, 0.1) is 5.82 Å². The van der Waals surface area contributed by atoms with Crippen LogP contribution < -0.4 is 4.74 Å². The van der Waals surface area contributed by atoms with E-state index in [0.29, 0.717) is 29.4 Å². The van der Waals surface area contributed by atoms with Crippen LogP contribution >= 0.6 is 27.3 Å². The number of likely N-dealkylation sites (tertiary alicyclic amines) is 1. The quantitative estimate of drug-likeness (QED) is 0.589. The summed E-state index contributed by atoms with van der Waals surface area (Å²) in [4.78, 5) is 18.7. The lowest BCUT2D eigenvalue weighted by Crippen LogP contribution is -2.41. The Labute approximate surface area is 162 Å². The molecule has 1 aliphatic heterocycles. The Morgan fingerprint density at radius 1 is 1.19 bits per heavy atom. The first-order valence-corrected chi connectivity index (χ1v) is 9.98. The van der Waals surface area contributed by atoms with Crippen molar-refractivity contribution in [3.8, 4) is 5.19 Å². The van der Waals surface area contributed by atoms with Crippen molar-refractivity contribution < 1.29 is 13.9 Å². The Balaban J connectivity index is 1.39. The lowest BCUT2D eigenvalue weighted by Gasteiger charge is -2.31. The van der Waals surface area contributed by atoms with Gasteiger partial charge in [0.05, 0.1) is 10.3 Å². The van der Waals surface area contributed by atoms with Gasteiger partial charge in [-0.2, -0.15) is 4.98 Å². The maximum Gasteiger partial charge on any atom is 0.274 e. The molecule has 7 heteroatoms. The average molecular weight is 435 g/mol. The Hall–Kier alpha value is -1.99. The van der Waals surface area contributed by atoms with Crippen LogP contribution in [-0.2, 0) is 0 Å². The number of thiazole rings is 1. The molecular weight excluding hydrogens is 419 g/mol. The van der Waals surface area contributed by atoms with Crippen LogP contribution in [0.4, 0.5) is 4.39 Å². The van der Waals surface area contributed by atoms with Crippen LogP contribution in [-0.4, -0.2) is 35.0 Å². The summed E-state index contributed by atoms with van der Waals surface area (Å²) < 4.78 is 21.3. The number of halogens is 2. The average Bonchev–Trinajstić information content (AvgIpc) is 3.06. The monoisotopic (exact) mass is 434 g/mol. The molecule has 4 rings (SSSR count). The first-order valence-electron chi connectivity index (χ1n) is 8.37. The number of aromatic nitrogens is 1. The number of ether oxygens (including phenoxy) is 1. The SMILES string of the molecule is O=C(c1ccccc1Br)N1CCC(Oc2nc3c(F)cccc3s2)CC1. The molecule has 0 spiro atoms. The summed E-state index contributed by atoms with van der Waals surface area (Å²) in [5, 5.41) is 0.487. The maximum atomic E-state index is 13.8. The van der Waals surface area contributed by atoms with E-state index in [0.717, 1.165) is 22.0 Å². The van der Waals surface area contributed by atoms with E-state index in [4.69, 9.17) is 4.74 Å². The molecule has 134 valence electrons. The number of benzene rings is 2. The van der Waals surface area contributed by atoms with Gasteiger partial charge in [-0.15, -0.1) is 0 Å². The highest BCUT2D eigenvalue weighted by Gasteiger charge is 2.26. The summed E-state index contributed by atoms with van der Waals surface area (Å²) in [5.41, 5.74) is 1.03. The Bertz CT molecular complexity index is 954. The van der Waals surface area contributed by atoms with Crippen molar-refractivity contribution in [2.75, 3.05) is 13.1 Å². The van der Waals surface area contributed by atoms with E-state index in [1.807, 2.05) is 35.2 Å². The second-order valence-corrected chi connectivity index (χ2v) is 8.00. The van der Waals surface area contributed by atoms with Gasteiger partial charge in [0.25, 0.3) is 11.1 Å². The van der Waals surface area contributed by atoms with Crippen LogP contribution in [0.3, 0.4) is 0 Å². The van der Waals surface area contributed by atoms with Crippen molar-refractivity contribution in [2.24, 2.45) is 0 Å². The number of para-hydroxylation sites is 1. The van der Waals surface area contributed by atoms with Crippen molar-refractivity contribution in [1.82, 2.24) is 9.88 Å². The van der Waals surface area contributed by atoms with Gasteiger partial charge in [-0.1, -0.05) is 29.5 Å². The molecule has 1 saturated heterocycles. The smallest absolute Gasteiger partial charge is 0.274 e. The Morgan fingerprint density at radius 2 is 1.96 bits per heavy atom. The minimum atomic E-state index is -0.331. The van der Waals surface area contributed by atoms with E-state index in [1.54, 1.807) is 6.07 Å². The number of amides is 1. The molecule has 0 radical (unpaired) electrons. The molecule has 2 heterocycles. The summed E-state index contributed by atoms with van der Waals surface area (Å²) in [6.45, 7) is 1.26. The van der Waals surface area contributed by atoms with Gasteiger partial charge < -0.3 is 9.64 Å². The van der Waals surface area contributed by atoms with Gasteiger partial charge in [0.1, 0.15) is 17.4 Å². The third kappa shape index (κ3) is 3.46. The molecule has 4 nitrogen and oxygen atoms in total. The van der Waals surface area contributed by atoms with Gasteiger partial charge >= 0.3 is 0 Å². The first-order chi connectivity index (χ1) is 12.6. The predicted molar refractivity (Wildman–Crippen MR) is 103 cm³/mol. The van der Waals surface area contributed by atoms with Crippen LogP contribution in [0.2, 0.25) is 0 Å². The van der Waals surface area contributed by atoms with Crippen molar-refractivity contribution >= 4 is 43.4 Å². The molecule has 0 atom stereocenters. The lowest BCUT2D eigenvalue weighted by atomic mass is 10.1. The molecule has 2 aromatic carbocycles. The molecule has 0 aliphatic carbocycles. The molecule has 1 fully saturated rings. The topological polar surface area (TPSA) is 42.4 Å². The van der Waals surface area contributed by atoms with Gasteiger partial charge in [-0.05, 0) is 40.2 Å². The number of hydrogen-bond donors (Lipinski definition) is 0. The first kappa shape index (κ1) is 17.4. The number of rotatable bonds is 3. The van der Waals surface area contributed by atoms with E-state index >= 15 is 0 Å².